The summed E-state index contributed by atoms with van der Waals surface area (Å²) in [5.41, 5.74) is 11.4. The van der Waals surface area contributed by atoms with Gasteiger partial charge in [0.15, 0.2) is 0 Å². The van der Waals surface area contributed by atoms with Crippen LogP contribution in [-0.2, 0) is 0 Å². The summed E-state index contributed by atoms with van der Waals surface area (Å²) >= 11 is 0. The Morgan fingerprint density at radius 2 is 0.875 bits per heavy atom. The summed E-state index contributed by atoms with van der Waals surface area (Å²) in [6, 6.07) is 59.2. The van der Waals surface area contributed by atoms with E-state index in [1.165, 1.54) is 6.21 Å². The minimum atomic E-state index is 0.442. The maximum Gasteiger partial charge on any atom is 0.145 e. The summed E-state index contributed by atoms with van der Waals surface area (Å²) in [5, 5.41) is 28.3. The normalized spacial score (nSPS) is 12.0. The molecule has 6 nitrogen and oxygen atoms in total. The molecular weight excluding hydrogens is 687 g/mol. The molecule has 56 heavy (non-hydrogen) atoms. The van der Waals surface area contributed by atoms with Gasteiger partial charge in [-0.1, -0.05) is 91.0 Å². The van der Waals surface area contributed by atoms with Crippen molar-refractivity contribution < 1.29 is 4.42 Å². The highest BCUT2D eigenvalue weighted by Gasteiger charge is 2.25. The van der Waals surface area contributed by atoms with E-state index in [1.54, 1.807) is 0 Å². The van der Waals surface area contributed by atoms with Gasteiger partial charge >= 0.3 is 0 Å². The molecule has 0 aliphatic heterocycles. The number of para-hydroxylation sites is 5. The molecule has 4 aromatic heterocycles. The minimum Gasteiger partial charge on any atom is -0.455 e. The maximum absolute atomic E-state index is 10.9. The fourth-order valence-electron chi connectivity index (χ4n) is 9.33. The third kappa shape index (κ3) is 3.90. The Labute approximate surface area is 319 Å². The second-order valence-corrected chi connectivity index (χ2v) is 14.3. The number of hydrogen-bond acceptors (Lipinski definition) is 3. The second kappa shape index (κ2) is 11.3. The number of nitrogens with one attached hydrogen (secondary N) is 1. The van der Waals surface area contributed by atoms with Crippen LogP contribution in [0.5, 0.6) is 0 Å². The fourth-order valence-corrected chi connectivity index (χ4v) is 9.33. The lowest BCUT2D eigenvalue weighted by Crippen LogP contribution is -2.06. The second-order valence-electron chi connectivity index (χ2n) is 14.3. The Balaban J connectivity index is 1.15. The molecule has 4 heterocycles. The van der Waals surface area contributed by atoms with Gasteiger partial charge in [0.05, 0.1) is 60.8 Å². The van der Waals surface area contributed by atoms with Crippen LogP contribution in [0, 0.1) is 16.7 Å². The van der Waals surface area contributed by atoms with Gasteiger partial charge in [0.1, 0.15) is 17.2 Å². The first-order valence-electron chi connectivity index (χ1n) is 18.7. The van der Waals surface area contributed by atoms with E-state index in [9.17, 15) is 5.26 Å². The van der Waals surface area contributed by atoms with Gasteiger partial charge in [-0.05, 0) is 72.8 Å². The third-order valence-electron chi connectivity index (χ3n) is 11.6. The van der Waals surface area contributed by atoms with E-state index >= 15 is 0 Å². The highest BCUT2D eigenvalue weighted by atomic mass is 16.3. The molecule has 0 aliphatic rings. The monoisotopic (exact) mass is 715 g/mol. The van der Waals surface area contributed by atoms with Crippen molar-refractivity contribution in [1.82, 2.24) is 13.7 Å². The van der Waals surface area contributed by atoms with Gasteiger partial charge in [0, 0.05) is 49.8 Å². The number of furan rings is 1. The van der Waals surface area contributed by atoms with Crippen LogP contribution in [0.2, 0.25) is 0 Å². The van der Waals surface area contributed by atoms with Crippen molar-refractivity contribution in [3.05, 3.63) is 175 Å². The molecule has 0 aliphatic carbocycles. The van der Waals surface area contributed by atoms with Gasteiger partial charge in [-0.2, -0.15) is 5.26 Å². The lowest BCUT2D eigenvalue weighted by molar-refractivity contribution is 0.677. The Kier molecular flexibility index (Phi) is 6.18. The van der Waals surface area contributed by atoms with Gasteiger partial charge in [-0.3, -0.25) is 0 Å². The average molecular weight is 716 g/mol. The number of fused-ring (bicyclic) bond motifs is 14. The van der Waals surface area contributed by atoms with Gasteiger partial charge in [0.2, 0.25) is 0 Å². The van der Waals surface area contributed by atoms with E-state index in [0.29, 0.717) is 11.1 Å². The Bertz CT molecular complexity index is 3630. The molecule has 0 bridgehead atoms. The molecule has 6 heteroatoms. The molecule has 1 N–H and O–H groups in total. The number of hydrogen-bond donors (Lipinski definition) is 1. The van der Waals surface area contributed by atoms with E-state index in [2.05, 4.69) is 141 Å². The van der Waals surface area contributed by atoms with Crippen molar-refractivity contribution in [2.75, 3.05) is 0 Å². The van der Waals surface area contributed by atoms with Crippen LogP contribution in [0.4, 0.5) is 0 Å². The first-order chi connectivity index (χ1) is 27.7. The largest absolute Gasteiger partial charge is 0.455 e. The standard InChI is InChI=1S/C50H29N5O/c51-28-37-38(29-52)44(27-26-43(37)54-39-18-8-4-14-31(39)32-15-5-9-19-40(32)54)55-42-21-11-7-17-36(42)48-46(55)25-23-34-33-22-24-45-47(49(33)56-50(34)48)35-16-6-10-20-41(35)53(45)30-12-2-1-3-13-30/h1-27,29,52H. The first-order valence-corrected chi connectivity index (χ1v) is 18.7. The number of rotatable bonds is 4. The summed E-state index contributed by atoms with van der Waals surface area (Å²) in [4.78, 5) is 0. The molecule has 0 saturated heterocycles. The van der Waals surface area contributed by atoms with Crippen molar-refractivity contribution in [2.45, 2.75) is 0 Å². The summed E-state index contributed by atoms with van der Waals surface area (Å²) in [6.45, 7) is 0. The Morgan fingerprint density at radius 1 is 0.429 bits per heavy atom. The summed E-state index contributed by atoms with van der Waals surface area (Å²) in [5.74, 6) is 0. The minimum absolute atomic E-state index is 0.442. The predicted octanol–water partition coefficient (Wildman–Crippen LogP) is 12.7. The van der Waals surface area contributed by atoms with Crippen LogP contribution < -0.4 is 0 Å². The number of nitrogens with zero attached hydrogens (tertiary/aromatic N) is 4. The van der Waals surface area contributed by atoms with Crippen molar-refractivity contribution in [3.63, 3.8) is 0 Å². The molecule has 0 radical (unpaired) electrons. The average Bonchev–Trinajstić information content (AvgIpc) is 3.99. The zero-order valence-corrected chi connectivity index (χ0v) is 29.9. The van der Waals surface area contributed by atoms with Crippen LogP contribution in [0.15, 0.2) is 168 Å². The highest BCUT2D eigenvalue weighted by molar-refractivity contribution is 6.29. The van der Waals surface area contributed by atoms with Crippen LogP contribution >= 0.6 is 0 Å². The Morgan fingerprint density at radius 3 is 1.43 bits per heavy atom. The van der Waals surface area contributed by atoms with E-state index in [4.69, 9.17) is 9.83 Å². The first kappa shape index (κ1) is 30.6. The van der Waals surface area contributed by atoms with E-state index in [1.807, 2.05) is 42.5 Å². The topological polar surface area (TPSA) is 75.6 Å². The zero-order valence-electron chi connectivity index (χ0n) is 29.9. The SMILES string of the molecule is N#Cc1c(-n2c3ccccc3c3ccccc32)ccc(-n2c3ccccc3c3c4oc5c(ccc6c5c5ccccc5n6-c5ccccc5)c4ccc32)c1C=N. The third-order valence-corrected chi connectivity index (χ3v) is 11.6. The molecule has 12 aromatic rings. The molecule has 12 rings (SSSR count). The molecule has 0 spiro atoms. The molecule has 0 unspecified atom stereocenters. The van der Waals surface area contributed by atoms with Gasteiger partial charge in [-0.25, -0.2) is 0 Å². The molecule has 0 fully saturated rings. The molecule has 0 amide bonds. The smallest absolute Gasteiger partial charge is 0.145 e. The van der Waals surface area contributed by atoms with Crippen LogP contribution in [0.3, 0.4) is 0 Å². The van der Waals surface area contributed by atoms with Crippen LogP contribution in [-0.4, -0.2) is 19.9 Å². The van der Waals surface area contributed by atoms with E-state index in [-0.39, 0.29) is 0 Å². The fraction of sp³-hybridized carbons (Fsp3) is 0. The molecule has 8 aromatic carbocycles. The van der Waals surface area contributed by atoms with Crippen LogP contribution in [0.25, 0.3) is 104 Å². The molecule has 260 valence electrons. The zero-order chi connectivity index (χ0) is 37.1. The van der Waals surface area contributed by atoms with Crippen LogP contribution in [0.1, 0.15) is 11.1 Å². The van der Waals surface area contributed by atoms with Gasteiger partial charge in [-0.15, -0.1) is 0 Å². The van der Waals surface area contributed by atoms with Gasteiger partial charge < -0.3 is 23.5 Å². The van der Waals surface area contributed by atoms with Gasteiger partial charge in [0.25, 0.3) is 0 Å². The number of nitriles is 1. The number of aromatic nitrogens is 3. The number of benzene rings is 8. The maximum atomic E-state index is 10.9. The quantitative estimate of drug-likeness (QED) is 0.184. The predicted molar refractivity (Wildman–Crippen MR) is 229 cm³/mol. The van der Waals surface area contributed by atoms with Crippen molar-refractivity contribution in [1.29, 1.82) is 10.7 Å². The van der Waals surface area contributed by atoms with E-state index < -0.39 is 0 Å². The summed E-state index contributed by atoms with van der Waals surface area (Å²) in [6.07, 6.45) is 1.32. The highest BCUT2D eigenvalue weighted by Crippen LogP contribution is 2.45. The molecular formula is C50H29N5O. The molecule has 0 atom stereocenters. The van der Waals surface area contributed by atoms with E-state index in [0.717, 1.165) is 104 Å². The molecule has 0 saturated carbocycles. The summed E-state index contributed by atoms with van der Waals surface area (Å²) in [7, 11) is 0. The Hall–Kier alpha value is -7.88. The summed E-state index contributed by atoms with van der Waals surface area (Å²) < 4.78 is 13.8. The van der Waals surface area contributed by atoms with Crippen molar-refractivity contribution in [2.24, 2.45) is 0 Å². The van der Waals surface area contributed by atoms with Crippen molar-refractivity contribution >= 4 is 93.6 Å². The lowest BCUT2D eigenvalue weighted by Gasteiger charge is -2.17. The lowest BCUT2D eigenvalue weighted by atomic mass is 10.0. The van der Waals surface area contributed by atoms with Crippen molar-refractivity contribution in [3.8, 4) is 23.1 Å².